The minimum Gasteiger partial charge on any atom is -0.497 e. The van der Waals surface area contributed by atoms with Gasteiger partial charge in [0.2, 0.25) is 17.7 Å². The van der Waals surface area contributed by atoms with E-state index in [4.69, 9.17) is 9.47 Å². The molecule has 4 aliphatic rings. The summed E-state index contributed by atoms with van der Waals surface area (Å²) in [5, 5.41) is 14.3. The minimum atomic E-state index is -1.37. The second-order valence-corrected chi connectivity index (χ2v) is 9.16. The lowest BCUT2D eigenvalue weighted by atomic mass is 9.75. The summed E-state index contributed by atoms with van der Waals surface area (Å²) in [6, 6.07) is 8.69. The Morgan fingerprint density at radius 1 is 1.09 bits per heavy atom. The lowest BCUT2D eigenvalue weighted by molar-refractivity contribution is -0.384. The van der Waals surface area contributed by atoms with Crippen LogP contribution in [-0.2, 0) is 19.9 Å². The van der Waals surface area contributed by atoms with E-state index >= 15 is 0 Å². The summed E-state index contributed by atoms with van der Waals surface area (Å²) in [5.74, 6) is -2.46. The number of nitrogens with zero attached hydrogens (tertiary/aromatic N) is 3. The van der Waals surface area contributed by atoms with E-state index in [0.717, 1.165) is 11.3 Å². The average Bonchev–Trinajstić information content (AvgIpc) is 3.56. The smallest absolute Gasteiger partial charge is 0.271 e. The van der Waals surface area contributed by atoms with Gasteiger partial charge in [-0.3, -0.25) is 29.4 Å². The Labute approximate surface area is 199 Å². The van der Waals surface area contributed by atoms with Crippen LogP contribution in [-0.4, -0.2) is 54.4 Å². The van der Waals surface area contributed by atoms with Crippen molar-refractivity contribution in [3.63, 3.8) is 0 Å². The Balaban J connectivity index is 1.55. The summed E-state index contributed by atoms with van der Waals surface area (Å²) in [6.45, 7) is 0.572. The molecule has 6 rings (SSSR count). The molecule has 1 spiro atoms. The number of nitro benzene ring substituents is 1. The lowest BCUT2D eigenvalue weighted by Gasteiger charge is -2.36. The van der Waals surface area contributed by atoms with Crippen LogP contribution in [0.15, 0.2) is 36.4 Å². The number of benzene rings is 2. The van der Waals surface area contributed by atoms with Crippen LogP contribution in [0.5, 0.6) is 11.5 Å². The number of methoxy groups -OCH3 is 2. The van der Waals surface area contributed by atoms with Crippen LogP contribution in [0.4, 0.5) is 17.1 Å². The van der Waals surface area contributed by atoms with Gasteiger partial charge in [-0.1, -0.05) is 0 Å². The molecule has 35 heavy (non-hydrogen) atoms. The molecule has 0 saturated carbocycles. The third kappa shape index (κ3) is 2.55. The molecule has 0 unspecified atom stereocenters. The van der Waals surface area contributed by atoms with Crippen LogP contribution < -0.4 is 19.7 Å². The summed E-state index contributed by atoms with van der Waals surface area (Å²) < 4.78 is 10.8. The number of imide groups is 1. The zero-order chi connectivity index (χ0) is 24.6. The summed E-state index contributed by atoms with van der Waals surface area (Å²) in [6.07, 6.45) is 1.44. The number of rotatable bonds is 4. The molecule has 0 aliphatic carbocycles. The first kappa shape index (κ1) is 21.5. The summed E-state index contributed by atoms with van der Waals surface area (Å²) in [5.41, 5.74) is -0.450. The number of ether oxygens (including phenoxy) is 2. The largest absolute Gasteiger partial charge is 0.497 e. The standard InChI is InChI=1S/C24H22N4O7/c1-34-13-6-7-15-14(11-13)24(23(31)25-15)20-19(16-4-3-9-26(16)24)21(29)27(22(20)30)17-10-12(28(32)33)5-8-18(17)35-2/h5-8,10-11,16,19-20H,3-4,9H2,1-2H3,(H,25,31)/t16-,19+,20-,24-/m0/s1. The number of nitrogens with one attached hydrogen (secondary N) is 1. The van der Waals surface area contributed by atoms with Gasteiger partial charge in [-0.15, -0.1) is 0 Å². The first-order chi connectivity index (χ1) is 16.8. The highest BCUT2D eigenvalue weighted by molar-refractivity contribution is 6.26. The van der Waals surface area contributed by atoms with Gasteiger partial charge in [0.15, 0.2) is 0 Å². The van der Waals surface area contributed by atoms with Crippen molar-refractivity contribution in [3.05, 3.63) is 52.1 Å². The minimum absolute atomic E-state index is 0.00932. The Bertz CT molecular complexity index is 1330. The molecule has 3 fully saturated rings. The van der Waals surface area contributed by atoms with Crippen LogP contribution in [0.2, 0.25) is 0 Å². The van der Waals surface area contributed by atoms with Crippen molar-refractivity contribution in [2.75, 3.05) is 31.0 Å². The van der Waals surface area contributed by atoms with Crippen molar-refractivity contribution in [1.82, 2.24) is 4.90 Å². The van der Waals surface area contributed by atoms with Crippen LogP contribution >= 0.6 is 0 Å². The average molecular weight is 478 g/mol. The molecule has 11 nitrogen and oxygen atoms in total. The maximum absolute atomic E-state index is 14.1. The molecule has 3 amide bonds. The zero-order valence-corrected chi connectivity index (χ0v) is 19.0. The SMILES string of the molecule is COc1ccc2c(c1)[C@@]1(C(=O)N2)[C@@H]2C(=O)N(c3cc([N+](=O)[O-])ccc3OC)C(=O)[C@@H]2[C@@H]2CCCN21. The second-order valence-electron chi connectivity index (χ2n) is 9.16. The van der Waals surface area contributed by atoms with E-state index in [-0.39, 0.29) is 29.1 Å². The summed E-state index contributed by atoms with van der Waals surface area (Å²) >= 11 is 0. The highest BCUT2D eigenvalue weighted by atomic mass is 16.6. The molecular formula is C24H22N4O7. The summed E-state index contributed by atoms with van der Waals surface area (Å²) in [4.78, 5) is 55.5. The van der Waals surface area contributed by atoms with Gasteiger partial charge in [-0.05, 0) is 43.7 Å². The van der Waals surface area contributed by atoms with Gasteiger partial charge in [0.05, 0.1) is 31.0 Å². The molecule has 0 radical (unpaired) electrons. The molecule has 0 bridgehead atoms. The van der Waals surface area contributed by atoms with Gasteiger partial charge in [0, 0.05) is 29.4 Å². The van der Waals surface area contributed by atoms with Gasteiger partial charge < -0.3 is 14.8 Å². The topological polar surface area (TPSA) is 131 Å². The first-order valence-electron chi connectivity index (χ1n) is 11.3. The fourth-order valence-corrected chi connectivity index (χ4v) is 6.51. The van der Waals surface area contributed by atoms with Crippen LogP contribution in [0, 0.1) is 22.0 Å². The van der Waals surface area contributed by atoms with Crippen LogP contribution in [0.3, 0.4) is 0 Å². The molecule has 4 aliphatic heterocycles. The third-order valence-corrected chi connectivity index (χ3v) is 7.81. The number of fused-ring (bicyclic) bond motifs is 7. The molecule has 2 aromatic rings. The van der Waals surface area contributed by atoms with E-state index in [1.165, 1.54) is 32.4 Å². The highest BCUT2D eigenvalue weighted by Gasteiger charge is 2.74. The van der Waals surface area contributed by atoms with Gasteiger partial charge in [0.1, 0.15) is 22.7 Å². The van der Waals surface area contributed by atoms with Crippen molar-refractivity contribution < 1.29 is 28.8 Å². The first-order valence-corrected chi connectivity index (χ1v) is 11.3. The fraction of sp³-hybridized carbons (Fsp3) is 0.375. The number of carbonyl (C=O) groups excluding carboxylic acids is 3. The number of anilines is 2. The number of carbonyl (C=O) groups is 3. The van der Waals surface area contributed by atoms with Crippen molar-refractivity contribution in [3.8, 4) is 11.5 Å². The second kappa shape index (κ2) is 7.25. The van der Waals surface area contributed by atoms with E-state index in [1.54, 1.807) is 18.2 Å². The Hall–Kier alpha value is -3.99. The molecule has 0 aromatic heterocycles. The monoisotopic (exact) mass is 478 g/mol. The fourth-order valence-electron chi connectivity index (χ4n) is 6.51. The van der Waals surface area contributed by atoms with Crippen molar-refractivity contribution >= 4 is 34.8 Å². The molecular weight excluding hydrogens is 456 g/mol. The molecule has 2 aromatic carbocycles. The molecule has 4 atom stereocenters. The Morgan fingerprint density at radius 2 is 1.89 bits per heavy atom. The highest BCUT2D eigenvalue weighted by Crippen LogP contribution is 2.61. The number of nitro groups is 1. The number of hydrogen-bond acceptors (Lipinski definition) is 8. The number of hydrogen-bond donors (Lipinski definition) is 1. The molecule has 180 valence electrons. The van der Waals surface area contributed by atoms with Crippen molar-refractivity contribution in [2.45, 2.75) is 24.4 Å². The van der Waals surface area contributed by atoms with Crippen molar-refractivity contribution in [1.29, 1.82) is 0 Å². The third-order valence-electron chi connectivity index (χ3n) is 7.81. The van der Waals surface area contributed by atoms with E-state index in [1.807, 2.05) is 4.90 Å². The summed E-state index contributed by atoms with van der Waals surface area (Å²) in [7, 11) is 2.89. The maximum Gasteiger partial charge on any atom is 0.271 e. The lowest BCUT2D eigenvalue weighted by Crippen LogP contribution is -2.54. The Morgan fingerprint density at radius 3 is 2.60 bits per heavy atom. The van der Waals surface area contributed by atoms with E-state index in [0.29, 0.717) is 30.0 Å². The van der Waals surface area contributed by atoms with Gasteiger partial charge in [0.25, 0.3) is 5.69 Å². The van der Waals surface area contributed by atoms with E-state index < -0.39 is 34.1 Å². The number of amides is 3. The van der Waals surface area contributed by atoms with E-state index in [9.17, 15) is 24.5 Å². The molecule has 11 heteroatoms. The van der Waals surface area contributed by atoms with Crippen LogP contribution in [0.25, 0.3) is 0 Å². The normalized spacial score (nSPS) is 28.8. The number of non-ortho nitro benzene ring substituents is 1. The molecule has 3 saturated heterocycles. The van der Waals surface area contributed by atoms with Gasteiger partial charge >= 0.3 is 0 Å². The quantitative estimate of drug-likeness (QED) is 0.401. The van der Waals surface area contributed by atoms with E-state index in [2.05, 4.69) is 5.32 Å². The predicted octanol–water partition coefficient (Wildman–Crippen LogP) is 2.04. The maximum atomic E-state index is 14.1. The van der Waals surface area contributed by atoms with Crippen LogP contribution in [0.1, 0.15) is 18.4 Å². The molecule has 1 N–H and O–H groups in total. The molecule has 4 heterocycles. The zero-order valence-electron chi connectivity index (χ0n) is 19.0. The van der Waals surface area contributed by atoms with Gasteiger partial charge in [-0.2, -0.15) is 0 Å². The predicted molar refractivity (Wildman–Crippen MR) is 122 cm³/mol. The van der Waals surface area contributed by atoms with Crippen molar-refractivity contribution in [2.24, 2.45) is 11.8 Å². The van der Waals surface area contributed by atoms with Gasteiger partial charge in [-0.25, -0.2) is 4.90 Å². The Kier molecular flexibility index (Phi) is 4.46.